The van der Waals surface area contributed by atoms with Gasteiger partial charge in [-0.15, -0.1) is 0 Å². The van der Waals surface area contributed by atoms with Crippen molar-refractivity contribution in [3.05, 3.63) is 59.2 Å². The molecule has 0 saturated heterocycles. The van der Waals surface area contributed by atoms with Crippen LogP contribution in [0.1, 0.15) is 42.2 Å². The molecule has 2 aromatic carbocycles. The van der Waals surface area contributed by atoms with Gasteiger partial charge >= 0.3 is 0 Å². The normalized spacial score (nSPS) is 18.6. The van der Waals surface area contributed by atoms with E-state index in [0.29, 0.717) is 5.75 Å². The molecule has 2 atom stereocenters. The summed E-state index contributed by atoms with van der Waals surface area (Å²) in [6, 6.07) is 13.7. The van der Waals surface area contributed by atoms with Gasteiger partial charge in [-0.05, 0) is 43.0 Å². The zero-order valence-corrected chi connectivity index (χ0v) is 11.5. The fraction of sp³-hybridized carbons (Fsp3) is 0.294. The molecule has 0 aromatic heterocycles. The number of hydrogen-bond donors (Lipinski definition) is 3. The molecule has 0 saturated carbocycles. The van der Waals surface area contributed by atoms with Crippen molar-refractivity contribution in [2.24, 2.45) is 0 Å². The van der Waals surface area contributed by atoms with Gasteiger partial charge in [0, 0.05) is 11.3 Å². The Hall–Kier alpha value is -2.00. The summed E-state index contributed by atoms with van der Waals surface area (Å²) in [5.41, 5.74) is 4.06. The van der Waals surface area contributed by atoms with E-state index in [1.165, 1.54) is 0 Å². The highest BCUT2D eigenvalue weighted by Gasteiger charge is 2.25. The molecule has 1 aliphatic carbocycles. The molecular formula is C17H19NO2. The first kappa shape index (κ1) is 13.0. The number of aliphatic hydroxyl groups excluding tert-OH is 1. The Kier molecular flexibility index (Phi) is 3.36. The number of benzene rings is 2. The summed E-state index contributed by atoms with van der Waals surface area (Å²) in [6.07, 6.45) is 1.35. The van der Waals surface area contributed by atoms with Crippen molar-refractivity contribution in [2.75, 3.05) is 5.32 Å². The van der Waals surface area contributed by atoms with Crippen molar-refractivity contribution in [1.82, 2.24) is 0 Å². The Balaban J connectivity index is 1.90. The monoisotopic (exact) mass is 269 g/mol. The van der Waals surface area contributed by atoms with Crippen molar-refractivity contribution < 1.29 is 10.2 Å². The molecule has 1 aliphatic rings. The third-order valence-electron chi connectivity index (χ3n) is 3.99. The van der Waals surface area contributed by atoms with Crippen LogP contribution in [-0.4, -0.2) is 10.2 Å². The van der Waals surface area contributed by atoms with Crippen LogP contribution in [0.2, 0.25) is 0 Å². The third-order valence-corrected chi connectivity index (χ3v) is 3.99. The zero-order chi connectivity index (χ0) is 14.1. The molecule has 2 unspecified atom stereocenters. The number of para-hydroxylation sites is 1. The van der Waals surface area contributed by atoms with Crippen molar-refractivity contribution in [3.63, 3.8) is 0 Å². The summed E-state index contributed by atoms with van der Waals surface area (Å²) in [6.45, 7) is 1.77. The summed E-state index contributed by atoms with van der Waals surface area (Å²) < 4.78 is 0. The van der Waals surface area contributed by atoms with Crippen LogP contribution in [0.4, 0.5) is 5.69 Å². The lowest BCUT2D eigenvalue weighted by molar-refractivity contribution is 0.200. The number of anilines is 1. The molecule has 0 aliphatic heterocycles. The summed E-state index contributed by atoms with van der Waals surface area (Å²) in [5, 5.41) is 23.2. The molecule has 20 heavy (non-hydrogen) atoms. The number of fused-ring (bicyclic) bond motifs is 1. The van der Waals surface area contributed by atoms with E-state index in [9.17, 15) is 10.2 Å². The molecule has 0 heterocycles. The van der Waals surface area contributed by atoms with Crippen LogP contribution < -0.4 is 5.32 Å². The highest BCUT2D eigenvalue weighted by molar-refractivity contribution is 5.56. The van der Waals surface area contributed by atoms with E-state index in [2.05, 4.69) is 11.4 Å². The van der Waals surface area contributed by atoms with Crippen LogP contribution in [0.15, 0.2) is 42.5 Å². The maximum Gasteiger partial charge on any atom is 0.119 e. The molecule has 3 N–H and O–H groups in total. The second kappa shape index (κ2) is 5.17. The van der Waals surface area contributed by atoms with Gasteiger partial charge in [-0.1, -0.05) is 30.3 Å². The van der Waals surface area contributed by atoms with E-state index in [4.69, 9.17) is 0 Å². The Morgan fingerprint density at radius 3 is 2.75 bits per heavy atom. The number of phenols is 1. The molecule has 3 rings (SSSR count). The highest BCUT2D eigenvalue weighted by atomic mass is 16.3. The summed E-state index contributed by atoms with van der Waals surface area (Å²) in [4.78, 5) is 0. The fourth-order valence-electron chi connectivity index (χ4n) is 2.97. The number of aromatic hydroxyl groups is 1. The molecule has 3 nitrogen and oxygen atoms in total. The van der Waals surface area contributed by atoms with Crippen LogP contribution in [0.5, 0.6) is 5.75 Å². The third kappa shape index (κ3) is 2.25. The van der Waals surface area contributed by atoms with E-state index in [-0.39, 0.29) is 6.04 Å². The molecule has 0 bridgehead atoms. The van der Waals surface area contributed by atoms with Crippen molar-refractivity contribution >= 4 is 5.69 Å². The summed E-state index contributed by atoms with van der Waals surface area (Å²) in [7, 11) is 0. The number of nitrogens with one attached hydrogen (secondary N) is 1. The van der Waals surface area contributed by atoms with Crippen LogP contribution in [0.3, 0.4) is 0 Å². The largest absolute Gasteiger partial charge is 0.508 e. The second-order valence-corrected chi connectivity index (χ2v) is 5.34. The van der Waals surface area contributed by atoms with E-state index in [0.717, 1.165) is 35.2 Å². The van der Waals surface area contributed by atoms with E-state index < -0.39 is 6.10 Å². The van der Waals surface area contributed by atoms with Gasteiger partial charge in [0.05, 0.1) is 12.1 Å². The number of rotatable bonds is 3. The van der Waals surface area contributed by atoms with Crippen molar-refractivity contribution in [1.29, 1.82) is 0 Å². The van der Waals surface area contributed by atoms with E-state index >= 15 is 0 Å². The molecule has 104 valence electrons. The lowest BCUT2D eigenvalue weighted by Gasteiger charge is -2.19. The summed E-state index contributed by atoms with van der Waals surface area (Å²) in [5.74, 6) is 0.385. The number of hydrogen-bond acceptors (Lipinski definition) is 3. The van der Waals surface area contributed by atoms with E-state index in [1.807, 2.05) is 30.3 Å². The Morgan fingerprint density at radius 1 is 1.15 bits per heavy atom. The van der Waals surface area contributed by atoms with Gasteiger partial charge in [-0.3, -0.25) is 0 Å². The van der Waals surface area contributed by atoms with Gasteiger partial charge in [-0.25, -0.2) is 0 Å². The Morgan fingerprint density at radius 2 is 1.95 bits per heavy atom. The Labute approximate surface area is 118 Å². The molecular weight excluding hydrogens is 250 g/mol. The number of aliphatic hydroxyl groups is 1. The van der Waals surface area contributed by atoms with E-state index in [1.54, 1.807) is 13.0 Å². The molecule has 2 aromatic rings. The molecule has 0 fully saturated rings. The predicted octanol–water partition coefficient (Wildman–Crippen LogP) is 3.54. The van der Waals surface area contributed by atoms with Gasteiger partial charge in [0.15, 0.2) is 0 Å². The smallest absolute Gasteiger partial charge is 0.119 e. The average Bonchev–Trinajstić information content (AvgIpc) is 2.84. The van der Waals surface area contributed by atoms with Crippen LogP contribution in [0, 0.1) is 0 Å². The first-order valence-corrected chi connectivity index (χ1v) is 7.01. The van der Waals surface area contributed by atoms with Crippen molar-refractivity contribution in [3.8, 4) is 5.75 Å². The zero-order valence-electron chi connectivity index (χ0n) is 11.5. The first-order chi connectivity index (χ1) is 9.66. The van der Waals surface area contributed by atoms with Gasteiger partial charge in [0.2, 0.25) is 0 Å². The second-order valence-electron chi connectivity index (χ2n) is 5.34. The summed E-state index contributed by atoms with van der Waals surface area (Å²) >= 11 is 0. The molecule has 3 heteroatoms. The maximum absolute atomic E-state index is 9.89. The molecule has 0 radical (unpaired) electrons. The minimum absolute atomic E-state index is 0.192. The first-order valence-electron chi connectivity index (χ1n) is 7.01. The van der Waals surface area contributed by atoms with Crippen LogP contribution in [0.25, 0.3) is 0 Å². The molecule has 0 amide bonds. The van der Waals surface area contributed by atoms with Crippen LogP contribution >= 0.6 is 0 Å². The average molecular weight is 269 g/mol. The predicted molar refractivity (Wildman–Crippen MR) is 79.9 cm³/mol. The van der Waals surface area contributed by atoms with Crippen LogP contribution in [-0.2, 0) is 6.42 Å². The maximum atomic E-state index is 9.89. The molecule has 0 spiro atoms. The lowest BCUT2D eigenvalue weighted by Crippen LogP contribution is -2.09. The number of phenolic OH excluding ortho intramolecular Hbond substituents is 1. The highest BCUT2D eigenvalue weighted by Crippen LogP contribution is 2.39. The topological polar surface area (TPSA) is 52.5 Å². The Bertz CT molecular complexity index is 622. The van der Waals surface area contributed by atoms with Gasteiger partial charge in [-0.2, -0.15) is 0 Å². The van der Waals surface area contributed by atoms with Gasteiger partial charge < -0.3 is 15.5 Å². The quantitative estimate of drug-likeness (QED) is 0.798. The minimum atomic E-state index is -0.497. The van der Waals surface area contributed by atoms with Gasteiger partial charge in [0.25, 0.3) is 0 Å². The van der Waals surface area contributed by atoms with Crippen molar-refractivity contribution in [2.45, 2.75) is 31.9 Å². The fourth-order valence-corrected chi connectivity index (χ4v) is 2.97. The standard InChI is InChI=1S/C17H19NO2/c1-11(19)12-5-2-3-7-15(12)18-16-10-9-14-13(16)6-4-8-17(14)20/h2-8,11,16,18-20H,9-10H2,1H3. The minimum Gasteiger partial charge on any atom is -0.508 e. The SMILES string of the molecule is CC(O)c1ccccc1NC1CCc2c(O)cccc21. The lowest BCUT2D eigenvalue weighted by atomic mass is 10.0. The van der Waals surface area contributed by atoms with Gasteiger partial charge in [0.1, 0.15) is 5.75 Å².